The first-order valence-corrected chi connectivity index (χ1v) is 4.16. The summed E-state index contributed by atoms with van der Waals surface area (Å²) in [5, 5.41) is 2.87. The molecule has 1 heterocycles. The number of benzene rings is 1. The number of para-hydroxylation sites is 1. The summed E-state index contributed by atoms with van der Waals surface area (Å²) in [5.41, 5.74) is 2.21. The standard InChI is InChI=1S/C10H11NO/c1-7-6-8-4-2-3-5-9(8)11-10(7)12/h2-5,7H,6H2,1H3,(H,11,12)/t7-/m1/s1. The summed E-state index contributed by atoms with van der Waals surface area (Å²) in [4.78, 5) is 11.2. The van der Waals surface area contributed by atoms with Crippen molar-refractivity contribution in [1.82, 2.24) is 0 Å². The molecule has 1 aromatic carbocycles. The predicted molar refractivity (Wildman–Crippen MR) is 47.9 cm³/mol. The van der Waals surface area contributed by atoms with E-state index in [4.69, 9.17) is 0 Å². The van der Waals surface area contributed by atoms with Crippen LogP contribution in [0.5, 0.6) is 0 Å². The first-order chi connectivity index (χ1) is 5.77. The molecular weight excluding hydrogens is 150 g/mol. The number of fused-ring (bicyclic) bond motifs is 1. The second-order valence-corrected chi connectivity index (χ2v) is 3.25. The lowest BCUT2D eigenvalue weighted by Crippen LogP contribution is -2.27. The second kappa shape index (κ2) is 2.63. The highest BCUT2D eigenvalue weighted by atomic mass is 16.1. The summed E-state index contributed by atoms with van der Waals surface area (Å²) in [7, 11) is 0. The number of hydrogen-bond acceptors (Lipinski definition) is 1. The van der Waals surface area contributed by atoms with Crippen LogP contribution in [0, 0.1) is 5.92 Å². The Morgan fingerprint density at radius 2 is 2.17 bits per heavy atom. The van der Waals surface area contributed by atoms with Crippen LogP contribution in [0.4, 0.5) is 5.69 Å². The zero-order valence-corrected chi connectivity index (χ0v) is 7.00. The molecule has 62 valence electrons. The maximum atomic E-state index is 11.2. The summed E-state index contributed by atoms with van der Waals surface area (Å²) < 4.78 is 0. The Hall–Kier alpha value is -1.31. The molecule has 1 aromatic rings. The zero-order chi connectivity index (χ0) is 8.55. The largest absolute Gasteiger partial charge is 0.326 e. The van der Waals surface area contributed by atoms with Gasteiger partial charge in [-0.05, 0) is 18.1 Å². The lowest BCUT2D eigenvalue weighted by molar-refractivity contribution is -0.119. The monoisotopic (exact) mass is 161 g/mol. The Kier molecular flexibility index (Phi) is 1.61. The van der Waals surface area contributed by atoms with E-state index in [1.54, 1.807) is 0 Å². The number of anilines is 1. The maximum Gasteiger partial charge on any atom is 0.227 e. The van der Waals surface area contributed by atoms with Crippen LogP contribution >= 0.6 is 0 Å². The SMILES string of the molecule is C[C@@H]1Cc2ccccc2NC1=O. The Balaban J connectivity index is 2.40. The van der Waals surface area contributed by atoms with Crippen LogP contribution in [-0.4, -0.2) is 5.91 Å². The van der Waals surface area contributed by atoms with Gasteiger partial charge in [-0.25, -0.2) is 0 Å². The summed E-state index contributed by atoms with van der Waals surface area (Å²) in [6.45, 7) is 1.95. The van der Waals surface area contributed by atoms with Gasteiger partial charge in [0.25, 0.3) is 0 Å². The fourth-order valence-electron chi connectivity index (χ4n) is 1.50. The van der Waals surface area contributed by atoms with Crippen molar-refractivity contribution in [2.24, 2.45) is 5.92 Å². The van der Waals surface area contributed by atoms with Crippen LogP contribution in [-0.2, 0) is 11.2 Å². The Morgan fingerprint density at radius 3 is 3.00 bits per heavy atom. The van der Waals surface area contributed by atoms with E-state index in [0.29, 0.717) is 0 Å². The van der Waals surface area contributed by atoms with Gasteiger partial charge in [-0.3, -0.25) is 4.79 Å². The van der Waals surface area contributed by atoms with E-state index in [-0.39, 0.29) is 11.8 Å². The van der Waals surface area contributed by atoms with Crippen LogP contribution in [0.25, 0.3) is 0 Å². The average molecular weight is 161 g/mol. The lowest BCUT2D eigenvalue weighted by atomic mass is 9.95. The summed E-state index contributed by atoms with van der Waals surface area (Å²) in [5.74, 6) is 0.244. The number of hydrogen-bond donors (Lipinski definition) is 1. The van der Waals surface area contributed by atoms with Gasteiger partial charge in [0.15, 0.2) is 0 Å². The van der Waals surface area contributed by atoms with Crippen molar-refractivity contribution in [1.29, 1.82) is 0 Å². The molecule has 0 fully saturated rings. The van der Waals surface area contributed by atoms with Crippen LogP contribution in [0.3, 0.4) is 0 Å². The third kappa shape index (κ3) is 1.09. The van der Waals surface area contributed by atoms with Gasteiger partial charge in [-0.2, -0.15) is 0 Å². The first kappa shape index (κ1) is 7.35. The van der Waals surface area contributed by atoms with Crippen molar-refractivity contribution < 1.29 is 4.79 Å². The van der Waals surface area contributed by atoms with E-state index in [9.17, 15) is 4.79 Å². The van der Waals surface area contributed by atoms with Crippen molar-refractivity contribution in [3.05, 3.63) is 29.8 Å². The maximum absolute atomic E-state index is 11.2. The highest BCUT2D eigenvalue weighted by Gasteiger charge is 2.20. The third-order valence-corrected chi connectivity index (χ3v) is 2.25. The number of amides is 1. The molecule has 0 aromatic heterocycles. The fraction of sp³-hybridized carbons (Fsp3) is 0.300. The van der Waals surface area contributed by atoms with Gasteiger partial charge >= 0.3 is 0 Å². The van der Waals surface area contributed by atoms with Gasteiger partial charge in [0, 0.05) is 11.6 Å². The van der Waals surface area contributed by atoms with Gasteiger partial charge in [0.1, 0.15) is 0 Å². The Labute approximate surface area is 71.6 Å². The topological polar surface area (TPSA) is 29.1 Å². The molecule has 1 aliphatic rings. The van der Waals surface area contributed by atoms with Crippen LogP contribution in [0.15, 0.2) is 24.3 Å². The number of rotatable bonds is 0. The van der Waals surface area contributed by atoms with Crippen molar-refractivity contribution in [2.45, 2.75) is 13.3 Å². The molecule has 12 heavy (non-hydrogen) atoms. The predicted octanol–water partition coefficient (Wildman–Crippen LogP) is 1.82. The second-order valence-electron chi connectivity index (χ2n) is 3.25. The average Bonchev–Trinajstić information content (AvgIpc) is 2.07. The van der Waals surface area contributed by atoms with Crippen molar-refractivity contribution in [3.8, 4) is 0 Å². The van der Waals surface area contributed by atoms with Crippen molar-refractivity contribution in [2.75, 3.05) is 5.32 Å². The number of nitrogens with one attached hydrogen (secondary N) is 1. The summed E-state index contributed by atoms with van der Waals surface area (Å²) >= 11 is 0. The number of carbonyl (C=O) groups excluding carboxylic acids is 1. The molecule has 1 N–H and O–H groups in total. The highest BCUT2D eigenvalue weighted by Crippen LogP contribution is 2.24. The van der Waals surface area contributed by atoms with E-state index < -0.39 is 0 Å². The van der Waals surface area contributed by atoms with Crippen molar-refractivity contribution >= 4 is 11.6 Å². The third-order valence-electron chi connectivity index (χ3n) is 2.25. The molecule has 0 bridgehead atoms. The van der Waals surface area contributed by atoms with Crippen LogP contribution in [0.1, 0.15) is 12.5 Å². The first-order valence-electron chi connectivity index (χ1n) is 4.16. The molecule has 1 aliphatic heterocycles. The molecular formula is C10H11NO. The van der Waals surface area contributed by atoms with Gasteiger partial charge in [0.05, 0.1) is 0 Å². The van der Waals surface area contributed by atoms with Gasteiger partial charge < -0.3 is 5.32 Å². The highest BCUT2D eigenvalue weighted by molar-refractivity contribution is 5.95. The molecule has 0 unspecified atom stereocenters. The molecule has 1 atom stereocenters. The molecule has 2 rings (SSSR count). The smallest absolute Gasteiger partial charge is 0.227 e. The molecule has 1 amide bonds. The minimum Gasteiger partial charge on any atom is -0.326 e. The molecule has 0 aliphatic carbocycles. The van der Waals surface area contributed by atoms with E-state index in [2.05, 4.69) is 11.4 Å². The summed E-state index contributed by atoms with van der Waals surface area (Å²) in [6.07, 6.45) is 0.863. The lowest BCUT2D eigenvalue weighted by Gasteiger charge is -2.21. The molecule has 0 saturated heterocycles. The molecule has 0 spiro atoms. The van der Waals surface area contributed by atoms with Gasteiger partial charge in [0.2, 0.25) is 5.91 Å². The van der Waals surface area contributed by atoms with E-state index >= 15 is 0 Å². The number of carbonyl (C=O) groups is 1. The molecule has 2 nitrogen and oxygen atoms in total. The zero-order valence-electron chi connectivity index (χ0n) is 7.00. The van der Waals surface area contributed by atoms with Crippen molar-refractivity contribution in [3.63, 3.8) is 0 Å². The van der Waals surface area contributed by atoms with E-state index in [0.717, 1.165) is 12.1 Å². The quantitative estimate of drug-likeness (QED) is 0.617. The minimum absolute atomic E-state index is 0.111. The molecule has 0 radical (unpaired) electrons. The normalized spacial score (nSPS) is 21.4. The Bertz CT molecular complexity index is 319. The van der Waals surface area contributed by atoms with Gasteiger partial charge in [-0.1, -0.05) is 25.1 Å². The summed E-state index contributed by atoms with van der Waals surface area (Å²) in [6, 6.07) is 7.95. The van der Waals surface area contributed by atoms with E-state index in [1.807, 2.05) is 25.1 Å². The molecule has 2 heteroatoms. The van der Waals surface area contributed by atoms with E-state index in [1.165, 1.54) is 5.56 Å². The molecule has 0 saturated carbocycles. The van der Waals surface area contributed by atoms with Gasteiger partial charge in [-0.15, -0.1) is 0 Å². The fourth-order valence-corrected chi connectivity index (χ4v) is 1.50. The van der Waals surface area contributed by atoms with Crippen LogP contribution in [0.2, 0.25) is 0 Å². The van der Waals surface area contributed by atoms with Crippen LogP contribution < -0.4 is 5.32 Å². The Morgan fingerprint density at radius 1 is 1.42 bits per heavy atom. The minimum atomic E-state index is 0.111.